The number of hydrogen-bond donors (Lipinski definition) is 1. The number of nitrogens with one attached hydrogen (secondary N) is 1. The van der Waals surface area contributed by atoms with Crippen LogP contribution in [0.3, 0.4) is 0 Å². The Morgan fingerprint density at radius 2 is 1.97 bits per heavy atom. The summed E-state index contributed by atoms with van der Waals surface area (Å²) >= 11 is 0. The molecule has 1 unspecified atom stereocenters. The minimum absolute atomic E-state index is 0.285. The van der Waals surface area contributed by atoms with E-state index in [0.717, 1.165) is 59.1 Å². The van der Waals surface area contributed by atoms with Gasteiger partial charge >= 0.3 is 5.69 Å². The molecule has 8 heteroatoms. The summed E-state index contributed by atoms with van der Waals surface area (Å²) in [5.74, 6) is 0.741. The van der Waals surface area contributed by atoms with Gasteiger partial charge in [-0.2, -0.15) is 4.98 Å². The molecule has 0 aromatic carbocycles. The van der Waals surface area contributed by atoms with Crippen molar-refractivity contribution in [2.45, 2.75) is 52.1 Å². The molecule has 180 valence electrons. The van der Waals surface area contributed by atoms with Crippen LogP contribution < -0.4 is 11.0 Å². The number of fused-ring (bicyclic) bond motifs is 3. The quantitative estimate of drug-likeness (QED) is 0.295. The average Bonchev–Trinajstić information content (AvgIpc) is 3.45. The predicted octanol–water partition coefficient (Wildman–Crippen LogP) is 4.72. The van der Waals surface area contributed by atoms with E-state index in [2.05, 4.69) is 64.1 Å². The minimum Gasteiger partial charge on any atom is -0.434 e. The molecule has 0 saturated carbocycles. The molecular formula is C27H31N6O2+. The third-order valence-corrected chi connectivity index (χ3v) is 6.71. The summed E-state index contributed by atoms with van der Waals surface area (Å²) in [5, 5.41) is 3.84. The molecule has 0 fully saturated rings. The Kier molecular flexibility index (Phi) is 6.19. The van der Waals surface area contributed by atoms with Gasteiger partial charge in [-0.25, -0.2) is 19.3 Å². The number of hydrogen-bond acceptors (Lipinski definition) is 6. The van der Waals surface area contributed by atoms with Gasteiger partial charge in [0.15, 0.2) is 17.8 Å². The maximum atomic E-state index is 13.3. The SMILES string of the molecule is CCCCCn1c(=O)nc(-c2ccc(NC)nc2)c2oc3ncc(C4=CC(CC)[N+](C)=C4)cc3c21. The molecule has 0 amide bonds. The lowest BCUT2D eigenvalue weighted by Crippen LogP contribution is -2.24. The zero-order valence-corrected chi connectivity index (χ0v) is 20.7. The van der Waals surface area contributed by atoms with E-state index in [1.807, 2.05) is 25.4 Å². The van der Waals surface area contributed by atoms with Crippen molar-refractivity contribution < 1.29 is 8.99 Å². The van der Waals surface area contributed by atoms with Gasteiger partial charge in [-0.1, -0.05) is 26.7 Å². The van der Waals surface area contributed by atoms with Gasteiger partial charge in [0.25, 0.3) is 0 Å². The molecule has 1 aliphatic heterocycles. The lowest BCUT2D eigenvalue weighted by atomic mass is 10.1. The van der Waals surface area contributed by atoms with Crippen molar-refractivity contribution in [3.05, 3.63) is 52.7 Å². The van der Waals surface area contributed by atoms with Crippen LogP contribution in [0, 0.1) is 0 Å². The molecule has 0 radical (unpaired) electrons. The van der Waals surface area contributed by atoms with Crippen molar-refractivity contribution in [2.24, 2.45) is 0 Å². The summed E-state index contributed by atoms with van der Waals surface area (Å²) in [4.78, 5) is 26.8. The summed E-state index contributed by atoms with van der Waals surface area (Å²) in [6, 6.07) is 6.21. The molecule has 4 aromatic heterocycles. The largest absolute Gasteiger partial charge is 0.434 e. The molecular weight excluding hydrogens is 440 g/mol. The van der Waals surface area contributed by atoms with Crippen LogP contribution in [-0.4, -0.2) is 50.4 Å². The van der Waals surface area contributed by atoms with Crippen molar-refractivity contribution in [3.63, 3.8) is 0 Å². The van der Waals surface area contributed by atoms with E-state index in [0.29, 0.717) is 29.6 Å². The average molecular weight is 472 g/mol. The third kappa shape index (κ3) is 4.13. The fraction of sp³-hybridized carbons (Fsp3) is 0.370. The first-order valence-corrected chi connectivity index (χ1v) is 12.3. The third-order valence-electron chi connectivity index (χ3n) is 6.71. The van der Waals surface area contributed by atoms with Crippen molar-refractivity contribution in [2.75, 3.05) is 19.4 Å². The Bertz CT molecular complexity index is 1510. The summed E-state index contributed by atoms with van der Waals surface area (Å²) in [6.45, 7) is 4.92. The smallest absolute Gasteiger partial charge is 0.348 e. The Balaban J connectivity index is 1.74. The molecule has 0 spiro atoms. The van der Waals surface area contributed by atoms with Gasteiger partial charge in [0.2, 0.25) is 5.71 Å². The molecule has 0 saturated heterocycles. The Morgan fingerprint density at radius 1 is 1.14 bits per heavy atom. The maximum Gasteiger partial charge on any atom is 0.348 e. The first-order valence-electron chi connectivity index (χ1n) is 12.3. The van der Waals surface area contributed by atoms with Crippen molar-refractivity contribution in [3.8, 4) is 11.3 Å². The highest BCUT2D eigenvalue weighted by Gasteiger charge is 2.24. The normalized spacial score (nSPS) is 15.6. The van der Waals surface area contributed by atoms with Crippen LogP contribution in [-0.2, 0) is 6.54 Å². The minimum atomic E-state index is -0.285. The van der Waals surface area contributed by atoms with Crippen LogP contribution in [0.15, 0.2) is 45.9 Å². The number of likely N-dealkylation sites (N-methyl/N-ethyl adjacent to an activating group) is 1. The standard InChI is InChI=1S/C27H30N6O2/c1-5-7-8-11-33-24-21-13-18(19-12-20(6-2)32(4)16-19)15-30-26(21)35-25(24)23(31-27(33)34)17-9-10-22(28-3)29-14-17/h9-10,12-16,20H,5-8,11H2,1-4H3/p+1. The molecule has 1 N–H and O–H groups in total. The molecule has 0 aliphatic carbocycles. The topological polar surface area (TPSA) is 88.9 Å². The second-order valence-electron chi connectivity index (χ2n) is 9.03. The highest BCUT2D eigenvalue weighted by molar-refractivity contribution is 6.12. The number of aryl methyl sites for hydroxylation is 1. The molecule has 0 bridgehead atoms. The van der Waals surface area contributed by atoms with Gasteiger partial charge in [0, 0.05) is 49.1 Å². The van der Waals surface area contributed by atoms with Crippen LogP contribution in [0.2, 0.25) is 0 Å². The number of unbranched alkanes of at least 4 members (excludes halogenated alkanes) is 2. The zero-order chi connectivity index (χ0) is 24.5. The molecule has 1 atom stereocenters. The fourth-order valence-electron chi connectivity index (χ4n) is 4.72. The Hall–Kier alpha value is -3.81. The lowest BCUT2D eigenvalue weighted by molar-refractivity contribution is -0.517. The first-order chi connectivity index (χ1) is 17.0. The van der Waals surface area contributed by atoms with Crippen molar-refractivity contribution >= 4 is 39.8 Å². The number of furan rings is 1. The van der Waals surface area contributed by atoms with Crippen LogP contribution in [0.5, 0.6) is 0 Å². The molecule has 5 heterocycles. The van der Waals surface area contributed by atoms with Crippen LogP contribution in [0.1, 0.15) is 45.1 Å². The second kappa shape index (κ2) is 9.44. The second-order valence-corrected chi connectivity index (χ2v) is 9.03. The van der Waals surface area contributed by atoms with Crippen LogP contribution in [0.4, 0.5) is 5.82 Å². The first kappa shape index (κ1) is 23.0. The molecule has 35 heavy (non-hydrogen) atoms. The number of aromatic nitrogens is 4. The van der Waals surface area contributed by atoms with E-state index >= 15 is 0 Å². The zero-order valence-electron chi connectivity index (χ0n) is 20.7. The molecule has 8 nitrogen and oxygen atoms in total. The van der Waals surface area contributed by atoms with Crippen LogP contribution in [0.25, 0.3) is 39.0 Å². The lowest BCUT2D eigenvalue weighted by Gasteiger charge is -2.09. The molecule has 5 rings (SSSR count). The summed E-state index contributed by atoms with van der Waals surface area (Å²) < 4.78 is 10.2. The van der Waals surface area contributed by atoms with Gasteiger partial charge in [-0.3, -0.25) is 4.57 Å². The highest BCUT2D eigenvalue weighted by atomic mass is 16.3. The maximum absolute atomic E-state index is 13.3. The van der Waals surface area contributed by atoms with Gasteiger partial charge in [0.1, 0.15) is 24.1 Å². The van der Waals surface area contributed by atoms with Crippen molar-refractivity contribution in [1.82, 2.24) is 19.5 Å². The van der Waals surface area contributed by atoms with E-state index in [-0.39, 0.29) is 5.69 Å². The van der Waals surface area contributed by atoms with E-state index in [9.17, 15) is 4.79 Å². The summed E-state index contributed by atoms with van der Waals surface area (Å²) in [5.41, 5.74) is 4.88. The van der Waals surface area contributed by atoms with Gasteiger partial charge in [-0.15, -0.1) is 0 Å². The number of pyridine rings is 2. The number of rotatable bonds is 8. The number of allylic oxidation sites excluding steroid dienone is 1. The number of anilines is 1. The van der Waals surface area contributed by atoms with Gasteiger partial charge < -0.3 is 9.73 Å². The van der Waals surface area contributed by atoms with Gasteiger partial charge in [-0.05, 0) is 30.7 Å². The highest BCUT2D eigenvalue weighted by Crippen LogP contribution is 2.34. The van der Waals surface area contributed by atoms with E-state index < -0.39 is 0 Å². The van der Waals surface area contributed by atoms with E-state index in [1.165, 1.54) is 0 Å². The van der Waals surface area contributed by atoms with E-state index in [1.54, 1.807) is 10.8 Å². The molecule has 1 aliphatic rings. The fourth-order valence-corrected chi connectivity index (χ4v) is 4.72. The predicted molar refractivity (Wildman–Crippen MR) is 140 cm³/mol. The summed E-state index contributed by atoms with van der Waals surface area (Å²) in [7, 11) is 3.91. The monoisotopic (exact) mass is 471 g/mol. The Labute approximate surface area is 204 Å². The summed E-state index contributed by atoms with van der Waals surface area (Å²) in [6.07, 6.45) is 12.0. The molecule has 4 aromatic rings. The van der Waals surface area contributed by atoms with Gasteiger partial charge in [0.05, 0.1) is 5.39 Å². The number of nitrogens with zero attached hydrogens (tertiary/aromatic N) is 5. The Morgan fingerprint density at radius 3 is 2.66 bits per heavy atom. The van der Waals surface area contributed by atoms with Crippen LogP contribution >= 0.6 is 0 Å². The van der Waals surface area contributed by atoms with Crippen molar-refractivity contribution in [1.29, 1.82) is 0 Å². The van der Waals surface area contributed by atoms with E-state index in [4.69, 9.17) is 4.42 Å².